The van der Waals surface area contributed by atoms with Gasteiger partial charge in [-0.1, -0.05) is 19.9 Å². The van der Waals surface area contributed by atoms with Crippen molar-refractivity contribution in [2.24, 2.45) is 5.92 Å². The zero-order valence-electron chi connectivity index (χ0n) is 11.3. The van der Waals surface area contributed by atoms with E-state index < -0.39 is 27.7 Å². The summed E-state index contributed by atoms with van der Waals surface area (Å²) in [5.41, 5.74) is 0.772. The molecular weight excluding hydrogens is 332 g/mol. The maximum atomic E-state index is 12.4. The van der Waals surface area contributed by atoms with Gasteiger partial charge in [-0.25, -0.2) is 22.9 Å². The average molecular weight is 346 g/mol. The average Bonchev–Trinajstić information content (AvgIpc) is 3.06. The van der Waals surface area contributed by atoms with Crippen molar-refractivity contribution in [3.8, 4) is 0 Å². The van der Waals surface area contributed by atoms with Crippen LogP contribution >= 0.6 is 22.7 Å². The van der Waals surface area contributed by atoms with E-state index in [1.54, 1.807) is 0 Å². The summed E-state index contributed by atoms with van der Waals surface area (Å²) in [5, 5.41) is 10.9. The van der Waals surface area contributed by atoms with Crippen molar-refractivity contribution < 1.29 is 18.3 Å². The number of hydrogen-bond donors (Lipinski definition) is 2. The Hall–Kier alpha value is -1.29. The summed E-state index contributed by atoms with van der Waals surface area (Å²) in [6, 6.07) is 3.29. The standard InChI is InChI=1S/C12H14N2O4S3/c1-7(2)9(8-4-3-5-19-8)14-21(17,18)12-10(11(15)16)13-6-20-12/h3-7,9,14H,1-2H3,(H,15,16). The van der Waals surface area contributed by atoms with E-state index in [4.69, 9.17) is 5.11 Å². The summed E-state index contributed by atoms with van der Waals surface area (Å²) in [7, 11) is -3.93. The molecule has 0 saturated carbocycles. The highest BCUT2D eigenvalue weighted by Crippen LogP contribution is 2.29. The summed E-state index contributed by atoms with van der Waals surface area (Å²) >= 11 is 2.25. The molecule has 1 atom stereocenters. The number of carbonyl (C=O) groups is 1. The molecule has 2 N–H and O–H groups in total. The molecule has 2 aromatic heterocycles. The highest BCUT2D eigenvalue weighted by atomic mass is 32.2. The largest absolute Gasteiger partial charge is 0.476 e. The number of nitrogens with one attached hydrogen (secondary N) is 1. The molecule has 0 aliphatic heterocycles. The third-order valence-electron chi connectivity index (χ3n) is 2.78. The van der Waals surface area contributed by atoms with Crippen LogP contribution in [0.5, 0.6) is 0 Å². The number of aromatic carboxylic acids is 1. The maximum Gasteiger partial charge on any atom is 0.356 e. The first-order chi connectivity index (χ1) is 9.83. The Morgan fingerprint density at radius 2 is 2.10 bits per heavy atom. The van der Waals surface area contributed by atoms with Gasteiger partial charge in [0.2, 0.25) is 0 Å². The molecule has 2 rings (SSSR count). The van der Waals surface area contributed by atoms with Gasteiger partial charge >= 0.3 is 5.97 Å². The summed E-state index contributed by atoms with van der Waals surface area (Å²) in [6.45, 7) is 3.80. The van der Waals surface area contributed by atoms with Crippen LogP contribution in [0.15, 0.2) is 27.2 Å². The highest BCUT2D eigenvalue weighted by molar-refractivity contribution is 7.91. The number of hydrogen-bond acceptors (Lipinski definition) is 6. The summed E-state index contributed by atoms with van der Waals surface area (Å²) in [4.78, 5) is 15.5. The van der Waals surface area contributed by atoms with Crippen LogP contribution in [0.2, 0.25) is 0 Å². The van der Waals surface area contributed by atoms with Crippen molar-refractivity contribution in [2.45, 2.75) is 24.1 Å². The quantitative estimate of drug-likeness (QED) is 0.838. The second-order valence-electron chi connectivity index (χ2n) is 4.65. The second-order valence-corrected chi connectivity index (χ2v) is 8.40. The smallest absolute Gasteiger partial charge is 0.356 e. The molecule has 114 valence electrons. The molecule has 0 radical (unpaired) electrons. The number of thiophene rings is 1. The van der Waals surface area contributed by atoms with Gasteiger partial charge in [0.25, 0.3) is 10.0 Å². The van der Waals surface area contributed by atoms with E-state index in [1.807, 2.05) is 31.4 Å². The number of carboxylic acid groups (broad SMARTS) is 1. The van der Waals surface area contributed by atoms with E-state index in [2.05, 4.69) is 9.71 Å². The third-order valence-corrected chi connectivity index (χ3v) is 6.55. The lowest BCUT2D eigenvalue weighted by Crippen LogP contribution is -2.31. The van der Waals surface area contributed by atoms with E-state index in [0.717, 1.165) is 16.2 Å². The van der Waals surface area contributed by atoms with Crippen LogP contribution in [0.1, 0.15) is 35.3 Å². The van der Waals surface area contributed by atoms with Gasteiger partial charge in [-0.15, -0.1) is 22.7 Å². The van der Waals surface area contributed by atoms with Crippen LogP contribution in [0, 0.1) is 5.92 Å². The summed E-state index contributed by atoms with van der Waals surface area (Å²) in [6.07, 6.45) is 0. The molecule has 9 heteroatoms. The van der Waals surface area contributed by atoms with Gasteiger partial charge in [-0.05, 0) is 17.4 Å². The molecule has 1 unspecified atom stereocenters. The van der Waals surface area contributed by atoms with Crippen LogP contribution in [0.3, 0.4) is 0 Å². The summed E-state index contributed by atoms with van der Waals surface area (Å²) in [5.74, 6) is -1.33. The molecule has 0 fully saturated rings. The van der Waals surface area contributed by atoms with Crippen LogP contribution in [-0.4, -0.2) is 24.5 Å². The summed E-state index contributed by atoms with van der Waals surface area (Å²) < 4.78 is 27.2. The van der Waals surface area contributed by atoms with Gasteiger partial charge in [0.05, 0.1) is 11.6 Å². The molecule has 0 saturated heterocycles. The van der Waals surface area contributed by atoms with Crippen molar-refractivity contribution in [3.05, 3.63) is 33.6 Å². The van der Waals surface area contributed by atoms with Gasteiger partial charge in [0.15, 0.2) is 9.90 Å². The monoisotopic (exact) mass is 346 g/mol. The molecular formula is C12H14N2O4S3. The molecule has 6 nitrogen and oxygen atoms in total. The molecule has 21 heavy (non-hydrogen) atoms. The van der Waals surface area contributed by atoms with Gasteiger partial charge in [-0.2, -0.15) is 0 Å². The minimum atomic E-state index is -3.93. The predicted molar refractivity (Wildman–Crippen MR) is 81.3 cm³/mol. The zero-order chi connectivity index (χ0) is 15.6. The van der Waals surface area contributed by atoms with Crippen LogP contribution in [-0.2, 0) is 10.0 Å². The molecule has 0 bridgehead atoms. The van der Waals surface area contributed by atoms with Crippen molar-refractivity contribution in [1.29, 1.82) is 0 Å². The van der Waals surface area contributed by atoms with E-state index in [9.17, 15) is 13.2 Å². The first kappa shape index (κ1) is 16.1. The van der Waals surface area contributed by atoms with Gasteiger partial charge in [-0.3, -0.25) is 0 Å². The molecule has 0 spiro atoms. The first-order valence-corrected chi connectivity index (χ1v) is 9.29. The lowest BCUT2D eigenvalue weighted by molar-refractivity contribution is 0.0687. The van der Waals surface area contributed by atoms with Crippen molar-refractivity contribution in [3.63, 3.8) is 0 Å². The van der Waals surface area contributed by atoms with Crippen LogP contribution in [0.4, 0.5) is 0 Å². The predicted octanol–water partition coefficient (Wildman–Crippen LogP) is 2.58. The second kappa shape index (κ2) is 6.22. The number of thiazole rings is 1. The normalized spacial score (nSPS) is 13.5. The van der Waals surface area contributed by atoms with E-state index in [-0.39, 0.29) is 10.1 Å². The number of aromatic nitrogens is 1. The van der Waals surface area contributed by atoms with Crippen molar-refractivity contribution in [1.82, 2.24) is 9.71 Å². The number of nitrogens with zero attached hydrogens (tertiary/aromatic N) is 1. The molecule has 0 aliphatic carbocycles. The van der Waals surface area contributed by atoms with Gasteiger partial charge in [0.1, 0.15) is 0 Å². The fourth-order valence-corrected chi connectivity index (χ4v) is 5.32. The van der Waals surface area contributed by atoms with E-state index >= 15 is 0 Å². The van der Waals surface area contributed by atoms with E-state index in [0.29, 0.717) is 0 Å². The minimum Gasteiger partial charge on any atom is -0.476 e. The lowest BCUT2D eigenvalue weighted by atomic mass is 10.0. The molecule has 0 aromatic carbocycles. The lowest BCUT2D eigenvalue weighted by Gasteiger charge is -2.20. The Kier molecular flexibility index (Phi) is 4.77. The highest BCUT2D eigenvalue weighted by Gasteiger charge is 2.30. The Morgan fingerprint density at radius 3 is 2.62 bits per heavy atom. The minimum absolute atomic E-state index is 0.0274. The van der Waals surface area contributed by atoms with Gasteiger partial charge in [0, 0.05) is 4.88 Å². The molecule has 2 heterocycles. The van der Waals surface area contributed by atoms with E-state index in [1.165, 1.54) is 16.8 Å². The molecule has 0 aliphatic rings. The van der Waals surface area contributed by atoms with Crippen LogP contribution < -0.4 is 4.72 Å². The number of rotatable bonds is 6. The fourth-order valence-electron chi connectivity index (χ4n) is 1.78. The Morgan fingerprint density at radius 1 is 1.38 bits per heavy atom. The topological polar surface area (TPSA) is 96.4 Å². The number of carboxylic acids is 1. The molecule has 0 amide bonds. The molecule has 2 aromatic rings. The Labute approximate surface area is 130 Å². The van der Waals surface area contributed by atoms with Crippen molar-refractivity contribution >= 4 is 38.7 Å². The van der Waals surface area contributed by atoms with Crippen molar-refractivity contribution in [2.75, 3.05) is 0 Å². The zero-order valence-corrected chi connectivity index (χ0v) is 13.8. The number of sulfonamides is 1. The third kappa shape index (κ3) is 3.49. The first-order valence-electron chi connectivity index (χ1n) is 6.05. The fraction of sp³-hybridized carbons (Fsp3) is 0.333. The SMILES string of the molecule is CC(C)C(NS(=O)(=O)c1scnc1C(=O)O)c1cccs1. The van der Waals surface area contributed by atoms with Crippen LogP contribution in [0.25, 0.3) is 0 Å². The Balaban J connectivity index is 2.35. The Bertz CT molecular complexity index is 720. The maximum absolute atomic E-state index is 12.4. The van der Waals surface area contributed by atoms with Gasteiger partial charge < -0.3 is 5.11 Å².